The quantitative estimate of drug-likeness (QED) is 0.714. The van der Waals surface area contributed by atoms with Gasteiger partial charge >= 0.3 is 0 Å². The van der Waals surface area contributed by atoms with Crippen molar-refractivity contribution in [3.8, 4) is 17.2 Å². The van der Waals surface area contributed by atoms with Gasteiger partial charge in [0.05, 0.1) is 18.4 Å². The van der Waals surface area contributed by atoms with Gasteiger partial charge in [-0.05, 0) is 26.0 Å². The second-order valence-electron chi connectivity index (χ2n) is 6.02. The van der Waals surface area contributed by atoms with E-state index in [1.54, 1.807) is 32.4 Å². The fourth-order valence-corrected chi connectivity index (χ4v) is 4.40. The highest BCUT2D eigenvalue weighted by Gasteiger charge is 2.30. The number of benzene rings is 1. The number of ether oxygens (including phenoxy) is 1. The van der Waals surface area contributed by atoms with Crippen LogP contribution in [-0.4, -0.2) is 30.3 Å². The highest BCUT2D eigenvalue weighted by molar-refractivity contribution is 7.93. The predicted molar refractivity (Wildman–Crippen MR) is 96.7 cm³/mol. The molecule has 0 spiro atoms. The summed E-state index contributed by atoms with van der Waals surface area (Å²) in [5.74, 6) is -0.229. The Bertz CT molecular complexity index is 1120. The molecule has 8 nitrogen and oxygen atoms in total. The van der Waals surface area contributed by atoms with Crippen LogP contribution in [0, 0.1) is 26.6 Å². The number of nitrogens with one attached hydrogen (secondary N) is 1. The Labute approximate surface area is 156 Å². The van der Waals surface area contributed by atoms with Crippen LogP contribution in [0.15, 0.2) is 27.5 Å². The van der Waals surface area contributed by atoms with Crippen LogP contribution in [0.2, 0.25) is 0 Å². The maximum Gasteiger partial charge on any atom is 0.264 e. The first-order valence-electron chi connectivity index (χ1n) is 7.98. The van der Waals surface area contributed by atoms with Gasteiger partial charge in [-0.1, -0.05) is 0 Å². The van der Waals surface area contributed by atoms with Crippen molar-refractivity contribution in [2.45, 2.75) is 25.7 Å². The van der Waals surface area contributed by atoms with Crippen LogP contribution in [0.1, 0.15) is 17.3 Å². The van der Waals surface area contributed by atoms with Crippen molar-refractivity contribution in [1.82, 2.24) is 14.8 Å². The van der Waals surface area contributed by atoms with Crippen molar-refractivity contribution in [3.05, 3.63) is 41.3 Å². The van der Waals surface area contributed by atoms with E-state index < -0.39 is 15.8 Å². The van der Waals surface area contributed by atoms with Gasteiger partial charge in [-0.3, -0.25) is 4.72 Å². The number of halogens is 1. The lowest BCUT2D eigenvalue weighted by Gasteiger charge is -2.10. The SMILES string of the molecule is COc1ccc(NS(=O)(=O)c2c(-c3nnc(C)o3)c(C)n(C)c2C)cc1F. The fraction of sp³-hybridized carbons (Fsp3) is 0.294. The Morgan fingerprint density at radius 1 is 1.19 bits per heavy atom. The van der Waals surface area contributed by atoms with Crippen LogP contribution in [0.4, 0.5) is 10.1 Å². The van der Waals surface area contributed by atoms with E-state index in [0.717, 1.165) is 6.07 Å². The molecule has 27 heavy (non-hydrogen) atoms. The van der Waals surface area contributed by atoms with E-state index in [-0.39, 0.29) is 22.2 Å². The molecule has 2 aromatic heterocycles. The standard InChI is InChI=1S/C17H19FN4O4S/c1-9-15(17-20-19-11(3)26-17)16(10(2)22(9)4)27(23,24)21-12-6-7-14(25-5)13(18)8-12/h6-8,21H,1-5H3. The third-order valence-electron chi connectivity index (χ3n) is 4.34. The Morgan fingerprint density at radius 2 is 1.89 bits per heavy atom. The van der Waals surface area contributed by atoms with E-state index in [9.17, 15) is 12.8 Å². The number of rotatable bonds is 5. The van der Waals surface area contributed by atoms with Crippen molar-refractivity contribution >= 4 is 15.7 Å². The third kappa shape index (κ3) is 3.27. The molecule has 3 rings (SSSR count). The minimum atomic E-state index is -4.06. The molecule has 0 amide bonds. The molecule has 0 atom stereocenters. The smallest absolute Gasteiger partial charge is 0.264 e. The minimum absolute atomic E-state index is 0.00220. The predicted octanol–water partition coefficient (Wildman–Crippen LogP) is 2.95. The number of hydrogen-bond acceptors (Lipinski definition) is 6. The average molecular weight is 394 g/mol. The summed E-state index contributed by atoms with van der Waals surface area (Å²) >= 11 is 0. The monoisotopic (exact) mass is 394 g/mol. The van der Waals surface area contributed by atoms with E-state index in [4.69, 9.17) is 9.15 Å². The summed E-state index contributed by atoms with van der Waals surface area (Å²) in [4.78, 5) is 0.00220. The number of aryl methyl sites for hydroxylation is 1. The molecule has 0 bridgehead atoms. The largest absolute Gasteiger partial charge is 0.494 e. The molecule has 0 aliphatic rings. The molecule has 0 radical (unpaired) electrons. The molecule has 10 heteroatoms. The van der Waals surface area contributed by atoms with Crippen LogP contribution < -0.4 is 9.46 Å². The normalized spacial score (nSPS) is 11.6. The molecule has 0 aliphatic carbocycles. The Balaban J connectivity index is 2.12. The zero-order valence-corrected chi connectivity index (χ0v) is 16.3. The number of sulfonamides is 1. The van der Waals surface area contributed by atoms with E-state index in [0.29, 0.717) is 22.8 Å². The van der Waals surface area contributed by atoms with Gasteiger partial charge in [0.2, 0.25) is 5.89 Å². The van der Waals surface area contributed by atoms with Gasteiger partial charge in [0, 0.05) is 31.4 Å². The maximum atomic E-state index is 13.9. The highest BCUT2D eigenvalue weighted by Crippen LogP contribution is 2.35. The Morgan fingerprint density at radius 3 is 2.44 bits per heavy atom. The first kappa shape index (κ1) is 18.9. The Kier molecular flexibility index (Phi) is 4.68. The topological polar surface area (TPSA) is 99.2 Å². The molecule has 0 saturated heterocycles. The molecule has 144 valence electrons. The fourth-order valence-electron chi connectivity index (χ4n) is 2.83. The zero-order valence-electron chi connectivity index (χ0n) is 15.5. The summed E-state index contributed by atoms with van der Waals surface area (Å²) in [7, 11) is -0.988. The van der Waals surface area contributed by atoms with Crippen molar-refractivity contribution in [2.75, 3.05) is 11.8 Å². The first-order valence-corrected chi connectivity index (χ1v) is 9.46. The summed E-state index contributed by atoms with van der Waals surface area (Å²) in [5.41, 5.74) is 1.52. The lowest BCUT2D eigenvalue weighted by Crippen LogP contribution is -2.15. The summed E-state index contributed by atoms with van der Waals surface area (Å²) in [6.45, 7) is 5.05. The lowest BCUT2D eigenvalue weighted by atomic mass is 10.2. The Hall–Kier alpha value is -2.88. The summed E-state index contributed by atoms with van der Waals surface area (Å²) in [5, 5.41) is 7.73. The average Bonchev–Trinajstić information content (AvgIpc) is 3.11. The van der Waals surface area contributed by atoms with Gasteiger partial charge < -0.3 is 13.7 Å². The molecule has 0 saturated carbocycles. The molecule has 2 heterocycles. The van der Waals surface area contributed by atoms with Crippen LogP contribution in [0.3, 0.4) is 0 Å². The summed E-state index contributed by atoms with van der Waals surface area (Å²) in [6, 6.07) is 3.82. The van der Waals surface area contributed by atoms with Crippen LogP contribution in [0.5, 0.6) is 5.75 Å². The van der Waals surface area contributed by atoms with Gasteiger partial charge in [-0.25, -0.2) is 12.8 Å². The molecule has 0 aliphatic heterocycles. The number of nitrogens with zero attached hydrogens (tertiary/aromatic N) is 3. The van der Waals surface area contributed by atoms with Crippen LogP contribution in [0.25, 0.3) is 11.5 Å². The van der Waals surface area contributed by atoms with Crippen molar-refractivity contribution < 1.29 is 22.0 Å². The molecule has 1 aromatic carbocycles. The number of hydrogen-bond donors (Lipinski definition) is 1. The molecule has 1 N–H and O–H groups in total. The summed E-state index contributed by atoms with van der Waals surface area (Å²) < 4.78 is 54.5. The van der Waals surface area contributed by atoms with E-state index in [1.165, 1.54) is 19.2 Å². The van der Waals surface area contributed by atoms with Gasteiger partial charge in [0.15, 0.2) is 11.6 Å². The van der Waals surface area contributed by atoms with E-state index in [2.05, 4.69) is 14.9 Å². The second kappa shape index (κ2) is 6.69. The van der Waals surface area contributed by atoms with E-state index in [1.807, 2.05) is 0 Å². The van der Waals surface area contributed by atoms with Gasteiger partial charge in [0.25, 0.3) is 15.9 Å². The van der Waals surface area contributed by atoms with Crippen molar-refractivity contribution in [3.63, 3.8) is 0 Å². The van der Waals surface area contributed by atoms with Crippen LogP contribution >= 0.6 is 0 Å². The zero-order chi connectivity index (χ0) is 19.9. The third-order valence-corrected chi connectivity index (χ3v) is 5.88. The molecule has 0 unspecified atom stereocenters. The van der Waals surface area contributed by atoms with Crippen molar-refractivity contribution in [1.29, 1.82) is 0 Å². The lowest BCUT2D eigenvalue weighted by molar-refractivity contribution is 0.386. The number of methoxy groups -OCH3 is 1. The maximum absolute atomic E-state index is 13.9. The molecular weight excluding hydrogens is 375 g/mol. The van der Waals surface area contributed by atoms with Gasteiger partial charge in [-0.15, -0.1) is 10.2 Å². The van der Waals surface area contributed by atoms with Crippen LogP contribution in [-0.2, 0) is 17.1 Å². The van der Waals surface area contributed by atoms with Gasteiger partial charge in [0.1, 0.15) is 4.90 Å². The highest BCUT2D eigenvalue weighted by atomic mass is 32.2. The molecular formula is C17H19FN4O4S. The minimum Gasteiger partial charge on any atom is -0.494 e. The molecule has 0 fully saturated rings. The van der Waals surface area contributed by atoms with Gasteiger partial charge in [-0.2, -0.15) is 0 Å². The first-order chi connectivity index (χ1) is 12.7. The van der Waals surface area contributed by atoms with E-state index >= 15 is 0 Å². The molecule has 3 aromatic rings. The second-order valence-corrected chi connectivity index (χ2v) is 7.63. The number of anilines is 1. The van der Waals surface area contributed by atoms with Crippen molar-refractivity contribution in [2.24, 2.45) is 7.05 Å². The summed E-state index contributed by atoms with van der Waals surface area (Å²) in [6.07, 6.45) is 0. The number of aromatic nitrogens is 3.